The lowest BCUT2D eigenvalue weighted by Gasteiger charge is -2.32. The summed E-state index contributed by atoms with van der Waals surface area (Å²) in [6.45, 7) is -0.439. The molecule has 0 radical (unpaired) electrons. The largest absolute Gasteiger partial charge is 0.416 e. The van der Waals surface area contributed by atoms with Crippen LogP contribution in [0.3, 0.4) is 0 Å². The van der Waals surface area contributed by atoms with Crippen LogP contribution in [0, 0.1) is 0 Å². The summed E-state index contributed by atoms with van der Waals surface area (Å²) in [6.07, 6.45) is -4.66. The molecule has 3 N–H and O–H groups in total. The molecule has 7 heteroatoms. The molecule has 0 spiro atoms. The number of aliphatic hydroxyl groups is 1. The predicted octanol–water partition coefficient (Wildman–Crippen LogP) is 2.51. The Bertz CT molecular complexity index is 428. The van der Waals surface area contributed by atoms with Gasteiger partial charge in [0, 0.05) is 0 Å². The van der Waals surface area contributed by atoms with E-state index < -0.39 is 35.4 Å². The molecule has 0 aromatic heterocycles. The van der Waals surface area contributed by atoms with Crippen LogP contribution in [0.15, 0.2) is 24.3 Å². The summed E-state index contributed by atoms with van der Waals surface area (Å²) in [4.78, 5) is 0. The zero-order chi connectivity index (χ0) is 14.2. The zero-order valence-corrected chi connectivity index (χ0v) is 9.43. The van der Waals surface area contributed by atoms with Gasteiger partial charge in [0.05, 0.1) is 12.1 Å². The summed E-state index contributed by atoms with van der Waals surface area (Å²) in [5.74, 6) is -3.72. The molecule has 0 aliphatic rings. The van der Waals surface area contributed by atoms with Crippen LogP contribution in [0.4, 0.5) is 22.0 Å². The van der Waals surface area contributed by atoms with E-state index in [-0.39, 0.29) is 0 Å². The molecule has 1 aromatic carbocycles. The molecule has 0 aliphatic heterocycles. The highest BCUT2D eigenvalue weighted by atomic mass is 19.4. The molecule has 1 rings (SSSR count). The molecule has 18 heavy (non-hydrogen) atoms. The highest BCUT2D eigenvalue weighted by Crippen LogP contribution is 2.39. The summed E-state index contributed by atoms with van der Waals surface area (Å²) in [5.41, 5.74) is 0.422. The fourth-order valence-corrected chi connectivity index (χ4v) is 1.41. The second kappa shape index (κ2) is 4.47. The van der Waals surface area contributed by atoms with Gasteiger partial charge in [-0.05, 0) is 24.6 Å². The van der Waals surface area contributed by atoms with Gasteiger partial charge in [-0.3, -0.25) is 0 Å². The van der Waals surface area contributed by atoms with Gasteiger partial charge >= 0.3 is 6.18 Å². The van der Waals surface area contributed by atoms with Crippen LogP contribution in [0.2, 0.25) is 0 Å². The molecule has 0 fully saturated rings. The Kier molecular flexibility index (Phi) is 3.69. The molecule has 0 amide bonds. The van der Waals surface area contributed by atoms with Gasteiger partial charge in [-0.2, -0.15) is 13.2 Å². The van der Waals surface area contributed by atoms with Crippen LogP contribution in [0.5, 0.6) is 0 Å². The summed E-state index contributed by atoms with van der Waals surface area (Å²) >= 11 is 0. The van der Waals surface area contributed by atoms with Crippen molar-refractivity contribution in [1.29, 1.82) is 0 Å². The molecule has 2 nitrogen and oxygen atoms in total. The second-order valence-electron chi connectivity index (χ2n) is 4.06. The molecule has 0 bridgehead atoms. The first-order valence-corrected chi connectivity index (χ1v) is 5.00. The van der Waals surface area contributed by atoms with Crippen molar-refractivity contribution >= 4 is 0 Å². The number of benzene rings is 1. The van der Waals surface area contributed by atoms with Crippen molar-refractivity contribution in [2.24, 2.45) is 5.73 Å². The molecule has 0 saturated carbocycles. The van der Waals surface area contributed by atoms with E-state index in [0.29, 0.717) is 6.07 Å². The fourth-order valence-electron chi connectivity index (χ4n) is 1.41. The number of rotatable bonds is 3. The average Bonchev–Trinajstić information content (AvgIpc) is 2.28. The minimum Gasteiger partial charge on any atom is -0.379 e. The first kappa shape index (κ1) is 14.8. The van der Waals surface area contributed by atoms with Crippen molar-refractivity contribution in [2.45, 2.75) is 24.6 Å². The van der Waals surface area contributed by atoms with Crippen LogP contribution in [0.1, 0.15) is 18.1 Å². The van der Waals surface area contributed by atoms with Crippen molar-refractivity contribution in [3.8, 4) is 0 Å². The Labute approximate surface area is 100 Å². The Morgan fingerprint density at radius 2 is 1.61 bits per heavy atom. The van der Waals surface area contributed by atoms with Crippen molar-refractivity contribution in [3.05, 3.63) is 35.4 Å². The Morgan fingerprint density at radius 3 is 2.06 bits per heavy atom. The molecule has 0 heterocycles. The Morgan fingerprint density at radius 1 is 1.11 bits per heavy atom. The summed E-state index contributed by atoms with van der Waals surface area (Å²) in [7, 11) is 0. The van der Waals surface area contributed by atoms with Gasteiger partial charge in [-0.15, -0.1) is 0 Å². The number of alkyl halides is 5. The number of nitrogens with two attached hydrogens (primary N) is 1. The van der Waals surface area contributed by atoms with Crippen LogP contribution in [-0.2, 0) is 11.8 Å². The summed E-state index contributed by atoms with van der Waals surface area (Å²) in [5, 5.41) is 9.71. The second-order valence-corrected chi connectivity index (χ2v) is 4.06. The Hall–Kier alpha value is -1.21. The van der Waals surface area contributed by atoms with Gasteiger partial charge in [0.15, 0.2) is 5.60 Å². The predicted molar refractivity (Wildman–Crippen MR) is 55.0 cm³/mol. The maximum atomic E-state index is 13.4. The third-order valence-electron chi connectivity index (χ3n) is 2.72. The summed E-state index contributed by atoms with van der Waals surface area (Å²) < 4.78 is 64.1. The lowest BCUT2D eigenvalue weighted by atomic mass is 9.88. The number of halogens is 5. The molecule has 1 aromatic rings. The third-order valence-corrected chi connectivity index (χ3v) is 2.72. The normalized spacial score (nSPS) is 16.4. The third kappa shape index (κ3) is 2.62. The van der Waals surface area contributed by atoms with E-state index in [4.69, 9.17) is 5.73 Å². The zero-order valence-electron chi connectivity index (χ0n) is 9.43. The summed E-state index contributed by atoms with van der Waals surface area (Å²) in [6, 6.07) is 3.18. The van der Waals surface area contributed by atoms with Gasteiger partial charge < -0.3 is 10.8 Å². The van der Waals surface area contributed by atoms with Crippen LogP contribution >= 0.6 is 0 Å². The molecule has 102 valence electrons. The van der Waals surface area contributed by atoms with E-state index in [1.165, 1.54) is 0 Å². The van der Waals surface area contributed by atoms with Crippen LogP contribution < -0.4 is 5.73 Å². The standard InChI is InChI=1S/C11H12F5NO/c1-9(18,10(12,13)6-17)7-3-2-4-8(5-7)11(14,15)16/h2-5,18H,6,17H2,1H3. The minimum absolute atomic E-state index is 0.490. The van der Waals surface area contributed by atoms with Gasteiger partial charge in [-0.1, -0.05) is 12.1 Å². The Balaban J connectivity index is 3.26. The van der Waals surface area contributed by atoms with Crippen molar-refractivity contribution in [3.63, 3.8) is 0 Å². The van der Waals surface area contributed by atoms with Gasteiger partial charge in [0.2, 0.25) is 0 Å². The van der Waals surface area contributed by atoms with E-state index in [1.807, 2.05) is 0 Å². The van der Waals surface area contributed by atoms with Crippen molar-refractivity contribution in [1.82, 2.24) is 0 Å². The molecule has 1 unspecified atom stereocenters. The maximum Gasteiger partial charge on any atom is 0.416 e. The van der Waals surface area contributed by atoms with Crippen molar-refractivity contribution < 1.29 is 27.1 Å². The van der Waals surface area contributed by atoms with Gasteiger partial charge in [0.1, 0.15) is 0 Å². The molecular weight excluding hydrogens is 257 g/mol. The first-order chi connectivity index (χ1) is 8.02. The van der Waals surface area contributed by atoms with Crippen LogP contribution in [-0.4, -0.2) is 17.6 Å². The highest BCUT2D eigenvalue weighted by molar-refractivity contribution is 5.31. The quantitative estimate of drug-likeness (QED) is 0.828. The highest BCUT2D eigenvalue weighted by Gasteiger charge is 2.49. The topological polar surface area (TPSA) is 46.2 Å². The number of hydrogen-bond donors (Lipinski definition) is 2. The lowest BCUT2D eigenvalue weighted by molar-refractivity contribution is -0.171. The maximum absolute atomic E-state index is 13.4. The fraction of sp³-hybridized carbons (Fsp3) is 0.455. The van der Waals surface area contributed by atoms with E-state index in [1.54, 1.807) is 0 Å². The molecule has 0 aliphatic carbocycles. The average molecular weight is 269 g/mol. The minimum atomic E-state index is -4.66. The van der Waals surface area contributed by atoms with Crippen molar-refractivity contribution in [2.75, 3.05) is 6.54 Å². The van der Waals surface area contributed by atoms with Gasteiger partial charge in [-0.25, -0.2) is 8.78 Å². The van der Waals surface area contributed by atoms with E-state index in [9.17, 15) is 27.1 Å². The molecule has 1 atom stereocenters. The monoisotopic (exact) mass is 269 g/mol. The number of hydrogen-bond acceptors (Lipinski definition) is 2. The van der Waals surface area contributed by atoms with E-state index in [0.717, 1.165) is 25.1 Å². The van der Waals surface area contributed by atoms with Crippen LogP contribution in [0.25, 0.3) is 0 Å². The van der Waals surface area contributed by atoms with E-state index >= 15 is 0 Å². The molecule has 0 saturated heterocycles. The first-order valence-electron chi connectivity index (χ1n) is 5.00. The SMILES string of the molecule is CC(O)(c1cccc(C(F)(F)F)c1)C(F)(F)CN. The smallest absolute Gasteiger partial charge is 0.379 e. The van der Waals surface area contributed by atoms with E-state index in [2.05, 4.69) is 0 Å². The molecular formula is C11H12F5NO. The van der Waals surface area contributed by atoms with Gasteiger partial charge in [0.25, 0.3) is 5.92 Å². The lowest BCUT2D eigenvalue weighted by Crippen LogP contribution is -2.48.